The molecule has 1 aromatic carbocycles. The Morgan fingerprint density at radius 3 is 2.20 bits per heavy atom. The number of hydrogen-bond donors (Lipinski definition) is 16. The predicted octanol–water partition coefficient (Wildman–Crippen LogP) is -5.77. The van der Waals surface area contributed by atoms with E-state index >= 15 is 0 Å². The van der Waals surface area contributed by atoms with Crippen molar-refractivity contribution < 1.29 is 113 Å². The third kappa shape index (κ3) is 15.3. The summed E-state index contributed by atoms with van der Waals surface area (Å²) in [5, 5.41) is 116. The molecule has 0 aliphatic carbocycles. The number of nitrogen functional groups attached to an aromatic ring is 1. The van der Waals surface area contributed by atoms with Gasteiger partial charge in [0.1, 0.15) is 67.1 Å². The van der Waals surface area contributed by atoms with Crippen LogP contribution in [-0.2, 0) is 58.2 Å². The number of H-pyrrole nitrogens is 1. The van der Waals surface area contributed by atoms with E-state index in [4.69, 9.17) is 33.7 Å². The summed E-state index contributed by atoms with van der Waals surface area (Å²) in [5.74, 6) is -6.59. The predicted molar refractivity (Wildman–Crippen MR) is 231 cm³/mol. The fourth-order valence-corrected chi connectivity index (χ4v) is 7.88. The van der Waals surface area contributed by atoms with Gasteiger partial charge in [-0.25, -0.2) is 19.3 Å². The average molecular weight is 1040 g/mol. The number of benzene rings is 1. The van der Waals surface area contributed by atoms with Gasteiger partial charge in [-0.2, -0.15) is 4.98 Å². The number of anilines is 2. The lowest BCUT2D eigenvalue weighted by Gasteiger charge is -2.39. The molecule has 31 nitrogen and oxygen atoms in total. The Balaban J connectivity index is 1.10. The summed E-state index contributed by atoms with van der Waals surface area (Å²) >= 11 is 0. The van der Waals surface area contributed by atoms with Crippen LogP contribution >= 0.6 is 7.82 Å². The van der Waals surface area contributed by atoms with E-state index in [2.05, 4.69) is 25.3 Å². The van der Waals surface area contributed by atoms with E-state index in [1.54, 1.807) is 31.2 Å². The number of carbonyl (C=O) groups is 4. The molecule has 0 radical (unpaired) electrons. The molecule has 2 aliphatic heterocycles. The number of aliphatic hydroxyl groups excluding tert-OH is 9. The van der Waals surface area contributed by atoms with Gasteiger partial charge in [0, 0.05) is 18.5 Å². The molecular weight excluding hydrogens is 981 g/mol. The Morgan fingerprint density at radius 1 is 0.901 bits per heavy atom. The highest BCUT2D eigenvalue weighted by atomic mass is 31.2. The third-order valence-corrected chi connectivity index (χ3v) is 11.9. The third-order valence-electron chi connectivity index (χ3n) is 10.9. The fraction of sp³-hybridized carbons (Fsp3) is 0.590. The topological polar surface area (TPSA) is 505 Å². The van der Waals surface area contributed by atoms with E-state index in [0.717, 1.165) is 0 Å². The SMILES string of the molecule is CC(Nc1ccc(CC(O)C(O)C(O)COC2OC(COP(=O)(O)OC(CCC(=O)O)C(=O)NC(CC(=O)O)C(=O)OC3OC(CO)C(O)C(O)C3O)C(O)C2O)cc1)c1cnc2nc(N)[nH]c(=O)c2n1. The number of fused-ring (bicyclic) bond motifs is 1. The number of amides is 1. The minimum absolute atomic E-state index is 0.000382. The number of aliphatic carboxylic acids is 2. The number of rotatable bonds is 25. The number of phosphoric acid groups is 1. The first-order valence-corrected chi connectivity index (χ1v) is 22.8. The summed E-state index contributed by atoms with van der Waals surface area (Å²) in [6.45, 7) is -1.05. The van der Waals surface area contributed by atoms with Crippen molar-refractivity contribution in [3.05, 3.63) is 52.1 Å². The van der Waals surface area contributed by atoms with Crippen LogP contribution < -0.4 is 21.9 Å². The molecule has 5 rings (SSSR count). The molecule has 2 saturated heterocycles. The Kier molecular flexibility index (Phi) is 19.7. The van der Waals surface area contributed by atoms with Gasteiger partial charge in [-0.1, -0.05) is 12.1 Å². The van der Waals surface area contributed by atoms with Crippen LogP contribution in [-0.4, -0.2) is 210 Å². The molecule has 2 aliphatic rings. The minimum Gasteiger partial charge on any atom is -0.481 e. The van der Waals surface area contributed by atoms with Crippen molar-refractivity contribution in [2.75, 3.05) is 30.9 Å². The van der Waals surface area contributed by atoms with Crippen molar-refractivity contribution in [2.45, 2.75) is 124 Å². The van der Waals surface area contributed by atoms with Crippen LogP contribution in [0.15, 0.2) is 35.3 Å². The molecule has 0 bridgehead atoms. The zero-order valence-electron chi connectivity index (χ0n) is 37.1. The number of aliphatic hydroxyl groups is 9. The molecule has 394 valence electrons. The molecule has 3 aromatic rings. The molecular formula is C39H54N7O24P. The lowest BCUT2D eigenvalue weighted by Crippen LogP contribution is -2.60. The zero-order valence-corrected chi connectivity index (χ0v) is 38.0. The molecule has 4 heterocycles. The van der Waals surface area contributed by atoms with Gasteiger partial charge in [0.2, 0.25) is 12.2 Å². The fourth-order valence-electron chi connectivity index (χ4n) is 6.96. The largest absolute Gasteiger partial charge is 0.481 e. The van der Waals surface area contributed by atoms with Gasteiger partial charge in [-0.3, -0.25) is 33.2 Å². The van der Waals surface area contributed by atoms with Gasteiger partial charge in [-0.05, 0) is 31.0 Å². The van der Waals surface area contributed by atoms with Gasteiger partial charge < -0.3 is 96.4 Å². The van der Waals surface area contributed by atoms with Gasteiger partial charge in [0.15, 0.2) is 17.5 Å². The van der Waals surface area contributed by atoms with Crippen molar-refractivity contribution in [2.24, 2.45) is 0 Å². The van der Waals surface area contributed by atoms with E-state index in [1.807, 2.05) is 5.32 Å². The molecule has 16 atom stereocenters. The summed E-state index contributed by atoms with van der Waals surface area (Å²) in [6, 6.07) is 3.95. The molecule has 16 unspecified atom stereocenters. The second kappa shape index (κ2) is 24.8. The number of hydrogen-bond acceptors (Lipinski definition) is 26. The highest BCUT2D eigenvalue weighted by molar-refractivity contribution is 7.47. The molecule has 2 aromatic heterocycles. The summed E-state index contributed by atoms with van der Waals surface area (Å²) in [7, 11) is -5.51. The molecule has 71 heavy (non-hydrogen) atoms. The first-order chi connectivity index (χ1) is 33.4. The summed E-state index contributed by atoms with van der Waals surface area (Å²) in [6.07, 6.45) is -26.2. The molecule has 1 amide bonds. The van der Waals surface area contributed by atoms with Crippen molar-refractivity contribution in [1.29, 1.82) is 0 Å². The summed E-state index contributed by atoms with van der Waals surface area (Å²) in [4.78, 5) is 86.6. The van der Waals surface area contributed by atoms with Gasteiger partial charge in [0.05, 0.1) is 50.3 Å². The van der Waals surface area contributed by atoms with E-state index in [-0.39, 0.29) is 23.5 Å². The van der Waals surface area contributed by atoms with Gasteiger partial charge >= 0.3 is 25.7 Å². The number of aromatic nitrogens is 4. The number of esters is 1. The summed E-state index contributed by atoms with van der Waals surface area (Å²) in [5.41, 5.74) is 6.63. The first-order valence-electron chi connectivity index (χ1n) is 21.3. The van der Waals surface area contributed by atoms with Crippen molar-refractivity contribution in [3.63, 3.8) is 0 Å². The standard InChI is InChI=1S/C39H54N7O24P/c1-14(18-10-41-33-26(43-18)35(61)46-39(40)45-33)42-16-4-2-15(3-5-16)8-19(48)27(54)20(49)12-65-37-31(58)29(56)23(68-37)13-66-71(63,64)70-21(6-7-24(50)51)34(60)44-17(9-25(52)53)36(62)69-38-32(59)30(57)28(55)22(11-47)67-38/h2-5,10,14,17,19-23,27-32,37-38,42,47-49,54-59H,6-9,11-13H2,1H3,(H,44,60)(H,50,51)(H,52,53)(H,63,64)(H3,40,41,45,46,61). The van der Waals surface area contributed by atoms with Crippen LogP contribution in [0.5, 0.6) is 0 Å². The maximum atomic E-state index is 13.2. The van der Waals surface area contributed by atoms with Gasteiger partial charge in [0.25, 0.3) is 11.5 Å². The Morgan fingerprint density at radius 2 is 1.55 bits per heavy atom. The van der Waals surface area contributed by atoms with Crippen molar-refractivity contribution >= 4 is 54.4 Å². The Hall–Kier alpha value is -5.45. The van der Waals surface area contributed by atoms with Crippen LogP contribution in [0.25, 0.3) is 11.2 Å². The first kappa shape index (κ1) is 56.5. The second-order valence-electron chi connectivity index (χ2n) is 16.3. The number of aromatic amines is 1. The maximum absolute atomic E-state index is 13.2. The number of phosphoric ester groups is 1. The number of ether oxygens (including phenoxy) is 4. The highest BCUT2D eigenvalue weighted by Gasteiger charge is 2.48. The van der Waals surface area contributed by atoms with E-state index in [1.165, 1.54) is 6.20 Å². The molecule has 0 saturated carbocycles. The minimum atomic E-state index is -5.51. The number of carboxylic acid groups (broad SMARTS) is 2. The Bertz CT molecular complexity index is 2420. The normalized spacial score (nSPS) is 26.8. The van der Waals surface area contributed by atoms with Crippen LogP contribution in [0.3, 0.4) is 0 Å². The van der Waals surface area contributed by atoms with Crippen LogP contribution in [0, 0.1) is 0 Å². The number of nitrogens with one attached hydrogen (secondary N) is 3. The van der Waals surface area contributed by atoms with Crippen LogP contribution in [0.4, 0.5) is 11.6 Å². The number of carboxylic acids is 2. The van der Waals surface area contributed by atoms with Crippen molar-refractivity contribution in [1.82, 2.24) is 25.3 Å². The van der Waals surface area contributed by atoms with Gasteiger partial charge in [-0.15, -0.1) is 0 Å². The highest BCUT2D eigenvalue weighted by Crippen LogP contribution is 2.46. The van der Waals surface area contributed by atoms with E-state index in [0.29, 0.717) is 16.9 Å². The average Bonchev–Trinajstić information content (AvgIpc) is 3.59. The molecule has 17 N–H and O–H groups in total. The van der Waals surface area contributed by atoms with Crippen LogP contribution in [0.1, 0.15) is 43.5 Å². The smallest absolute Gasteiger partial charge is 0.473 e. The van der Waals surface area contributed by atoms with Crippen molar-refractivity contribution in [3.8, 4) is 0 Å². The monoisotopic (exact) mass is 1040 g/mol. The summed E-state index contributed by atoms with van der Waals surface area (Å²) < 4.78 is 43.2. The number of nitrogens with two attached hydrogens (primary N) is 1. The number of carbonyl (C=O) groups excluding carboxylic acids is 2. The molecule has 32 heteroatoms. The quantitative estimate of drug-likeness (QED) is 0.0278. The lowest BCUT2D eigenvalue weighted by molar-refractivity contribution is -0.293. The lowest BCUT2D eigenvalue weighted by atomic mass is 9.99. The van der Waals surface area contributed by atoms with Crippen LogP contribution in [0.2, 0.25) is 0 Å². The Labute approximate surface area is 399 Å². The van der Waals surface area contributed by atoms with E-state index < -0.39 is 168 Å². The molecule has 0 spiro atoms. The zero-order chi connectivity index (χ0) is 52.5. The molecule has 2 fully saturated rings. The number of nitrogens with zero attached hydrogens (tertiary/aromatic N) is 3. The van der Waals surface area contributed by atoms with E-state index in [9.17, 15) is 89.6 Å². The second-order valence-corrected chi connectivity index (χ2v) is 17.7. The maximum Gasteiger partial charge on any atom is 0.473 e.